The summed E-state index contributed by atoms with van der Waals surface area (Å²) in [5.41, 5.74) is 1.80. The molecule has 3 N–H and O–H groups in total. The molecule has 0 bridgehead atoms. The third-order valence-corrected chi connectivity index (χ3v) is 5.97. The number of hydrogen-bond donors (Lipinski definition) is 3. The molecule has 0 spiro atoms. The first kappa shape index (κ1) is 26.4. The lowest BCUT2D eigenvalue weighted by Gasteiger charge is -2.20. The maximum atomic E-state index is 13.5. The molecule has 2 atom stereocenters. The molecule has 1 aromatic heterocycles. The highest BCUT2D eigenvalue weighted by Gasteiger charge is 2.22. The molecule has 0 aliphatic heterocycles. The molecule has 0 fully saturated rings. The van der Waals surface area contributed by atoms with Crippen molar-refractivity contribution in [3.8, 4) is 11.3 Å². The number of hydrogen-bond acceptors (Lipinski definition) is 7. The first-order chi connectivity index (χ1) is 15.3. The number of halogens is 1. The molecule has 180 valence electrons. The summed E-state index contributed by atoms with van der Waals surface area (Å²) in [5, 5.41) is 28.8. The molecule has 2 aromatic rings. The molecule has 0 saturated carbocycles. The lowest BCUT2D eigenvalue weighted by molar-refractivity contribution is -0.139. The van der Waals surface area contributed by atoms with Crippen LogP contribution in [0.4, 0.5) is 10.3 Å². The largest absolute Gasteiger partial charge is 0.481 e. The Morgan fingerprint density at radius 1 is 1.18 bits per heavy atom. The fourth-order valence-corrected chi connectivity index (χ4v) is 3.42. The zero-order chi connectivity index (χ0) is 24.9. The molecule has 0 unspecified atom stereocenters. The maximum Gasteiger partial charge on any atom is 0.305 e. The van der Waals surface area contributed by atoms with Gasteiger partial charge >= 0.3 is 5.97 Å². The lowest BCUT2D eigenvalue weighted by Crippen LogP contribution is -2.27. The van der Waals surface area contributed by atoms with Gasteiger partial charge in [-0.3, -0.25) is 4.79 Å². The molecule has 0 radical (unpaired) electrons. The van der Waals surface area contributed by atoms with E-state index in [2.05, 4.69) is 9.97 Å². The lowest BCUT2D eigenvalue weighted by atomic mass is 9.97. The SMILES string of the molecule is CC(C)c1nc(N(C)S(C)(=O)=O)nc(-c2ccc(F)cc2)c1/C=C\[C@@H](O)C[C@H](O)CC(=O)O. The van der Waals surface area contributed by atoms with Gasteiger partial charge < -0.3 is 15.3 Å². The van der Waals surface area contributed by atoms with Gasteiger partial charge in [0.25, 0.3) is 0 Å². The molecular weight excluding hydrogens is 453 g/mol. The number of carbonyl (C=O) groups is 1. The average Bonchev–Trinajstić information content (AvgIpc) is 2.70. The molecule has 1 heterocycles. The van der Waals surface area contributed by atoms with Gasteiger partial charge in [0, 0.05) is 24.6 Å². The number of sulfonamides is 1. The van der Waals surface area contributed by atoms with Gasteiger partial charge in [0.05, 0.1) is 36.3 Å². The quantitative estimate of drug-likeness (QED) is 0.470. The van der Waals surface area contributed by atoms with E-state index < -0.39 is 40.4 Å². The van der Waals surface area contributed by atoms with Crippen molar-refractivity contribution in [3.63, 3.8) is 0 Å². The molecule has 0 aliphatic rings. The molecule has 0 amide bonds. The fraction of sp³-hybridized carbons (Fsp3) is 0.409. The average molecular weight is 482 g/mol. The summed E-state index contributed by atoms with van der Waals surface area (Å²) in [6, 6.07) is 5.49. The molecular formula is C22H28FN3O6S. The van der Waals surface area contributed by atoms with Crippen molar-refractivity contribution >= 4 is 28.0 Å². The predicted octanol–water partition coefficient (Wildman–Crippen LogP) is 2.40. The van der Waals surface area contributed by atoms with Gasteiger partial charge in [-0.05, 0) is 30.2 Å². The number of anilines is 1. The molecule has 2 rings (SSSR count). The summed E-state index contributed by atoms with van der Waals surface area (Å²) in [6.45, 7) is 3.71. The first-order valence-corrected chi connectivity index (χ1v) is 12.0. The Hall–Kier alpha value is -2.89. The zero-order valence-electron chi connectivity index (χ0n) is 18.8. The van der Waals surface area contributed by atoms with E-state index >= 15 is 0 Å². The standard InChI is InChI=1S/C22H28FN3O6S/c1-13(2)20-18(10-9-16(27)11-17(28)12-19(29)30)21(14-5-7-15(23)8-6-14)25-22(24-20)26(3)33(4,31)32/h5-10,13,16-17,27-28H,11-12H2,1-4H3,(H,29,30)/b10-9-/t16-,17+/m1/s1. The van der Waals surface area contributed by atoms with Crippen molar-refractivity contribution in [1.29, 1.82) is 0 Å². The highest BCUT2D eigenvalue weighted by Crippen LogP contribution is 2.31. The number of aliphatic hydroxyl groups is 2. The van der Waals surface area contributed by atoms with Crippen LogP contribution in [0, 0.1) is 5.82 Å². The van der Waals surface area contributed by atoms with E-state index in [-0.39, 0.29) is 18.3 Å². The van der Waals surface area contributed by atoms with Gasteiger partial charge in [0.1, 0.15) is 5.82 Å². The Labute approximate surface area is 192 Å². The smallest absolute Gasteiger partial charge is 0.305 e. The number of carboxylic acid groups (broad SMARTS) is 1. The van der Waals surface area contributed by atoms with Crippen molar-refractivity contribution in [2.24, 2.45) is 0 Å². The highest BCUT2D eigenvalue weighted by molar-refractivity contribution is 7.92. The van der Waals surface area contributed by atoms with Crippen molar-refractivity contribution in [2.45, 2.75) is 44.8 Å². The number of carboxylic acids is 1. The highest BCUT2D eigenvalue weighted by atomic mass is 32.2. The fourth-order valence-electron chi connectivity index (χ4n) is 3.05. The molecule has 0 aliphatic carbocycles. The van der Waals surface area contributed by atoms with E-state index in [9.17, 15) is 27.8 Å². The van der Waals surface area contributed by atoms with Crippen molar-refractivity contribution in [3.05, 3.63) is 47.4 Å². The van der Waals surface area contributed by atoms with Gasteiger partial charge in [-0.15, -0.1) is 0 Å². The number of aliphatic carboxylic acids is 1. The van der Waals surface area contributed by atoms with Crippen LogP contribution in [0.3, 0.4) is 0 Å². The summed E-state index contributed by atoms with van der Waals surface area (Å²) in [6.07, 6.45) is 0.860. The number of benzene rings is 1. The summed E-state index contributed by atoms with van der Waals surface area (Å²) in [7, 11) is -2.33. The van der Waals surface area contributed by atoms with Crippen LogP contribution >= 0.6 is 0 Å². The van der Waals surface area contributed by atoms with Crippen LogP contribution in [0.2, 0.25) is 0 Å². The number of nitrogens with zero attached hydrogens (tertiary/aromatic N) is 3. The Bertz CT molecular complexity index is 1120. The van der Waals surface area contributed by atoms with Crippen LogP contribution in [0.25, 0.3) is 17.3 Å². The van der Waals surface area contributed by atoms with Crippen LogP contribution < -0.4 is 4.31 Å². The van der Waals surface area contributed by atoms with Crippen LogP contribution in [-0.4, -0.2) is 65.2 Å². The maximum absolute atomic E-state index is 13.5. The minimum Gasteiger partial charge on any atom is -0.481 e. The second-order valence-electron chi connectivity index (χ2n) is 7.98. The topological polar surface area (TPSA) is 141 Å². The molecule has 9 nitrogen and oxygen atoms in total. The molecule has 1 aromatic carbocycles. The van der Waals surface area contributed by atoms with Crippen LogP contribution in [-0.2, 0) is 14.8 Å². The van der Waals surface area contributed by atoms with Gasteiger partial charge in [-0.2, -0.15) is 0 Å². The van der Waals surface area contributed by atoms with E-state index in [1.165, 1.54) is 43.5 Å². The Morgan fingerprint density at radius 2 is 1.79 bits per heavy atom. The van der Waals surface area contributed by atoms with Crippen LogP contribution in [0.1, 0.15) is 43.9 Å². The van der Waals surface area contributed by atoms with Gasteiger partial charge in [0.15, 0.2) is 0 Å². The molecule has 33 heavy (non-hydrogen) atoms. The van der Waals surface area contributed by atoms with Gasteiger partial charge in [0.2, 0.25) is 16.0 Å². The van der Waals surface area contributed by atoms with Crippen molar-refractivity contribution < 1.29 is 32.9 Å². The van der Waals surface area contributed by atoms with Gasteiger partial charge in [-0.1, -0.05) is 26.0 Å². The van der Waals surface area contributed by atoms with E-state index in [1.807, 2.05) is 13.8 Å². The molecule has 11 heteroatoms. The van der Waals surface area contributed by atoms with Crippen molar-refractivity contribution in [2.75, 3.05) is 17.6 Å². The third-order valence-electron chi connectivity index (χ3n) is 4.82. The second-order valence-corrected chi connectivity index (χ2v) is 9.99. The van der Waals surface area contributed by atoms with Crippen LogP contribution in [0.15, 0.2) is 30.3 Å². The second kappa shape index (κ2) is 10.8. The zero-order valence-corrected chi connectivity index (χ0v) is 19.6. The monoisotopic (exact) mass is 481 g/mol. The Morgan fingerprint density at radius 3 is 2.30 bits per heavy atom. The number of aromatic nitrogens is 2. The van der Waals surface area contributed by atoms with Crippen molar-refractivity contribution in [1.82, 2.24) is 9.97 Å². The Kier molecular flexibility index (Phi) is 8.64. The van der Waals surface area contributed by atoms with Gasteiger partial charge in [-0.25, -0.2) is 27.1 Å². The number of aliphatic hydroxyl groups excluding tert-OH is 2. The third kappa shape index (κ3) is 7.31. The summed E-state index contributed by atoms with van der Waals surface area (Å²) in [4.78, 5) is 19.6. The minimum atomic E-state index is -3.65. The van der Waals surface area contributed by atoms with E-state index in [0.29, 0.717) is 22.5 Å². The normalized spacial score (nSPS) is 13.9. The Balaban J connectivity index is 2.61. The summed E-state index contributed by atoms with van der Waals surface area (Å²) < 4.78 is 38.6. The summed E-state index contributed by atoms with van der Waals surface area (Å²) in [5.74, 6) is -1.87. The number of rotatable bonds is 10. The summed E-state index contributed by atoms with van der Waals surface area (Å²) >= 11 is 0. The van der Waals surface area contributed by atoms with E-state index in [4.69, 9.17) is 5.11 Å². The minimum absolute atomic E-state index is 0.0601. The van der Waals surface area contributed by atoms with Crippen LogP contribution in [0.5, 0.6) is 0 Å². The molecule has 0 saturated heterocycles. The van der Waals surface area contributed by atoms with E-state index in [1.54, 1.807) is 0 Å². The predicted molar refractivity (Wildman–Crippen MR) is 123 cm³/mol. The van der Waals surface area contributed by atoms with E-state index in [0.717, 1.165) is 10.6 Å². The first-order valence-electron chi connectivity index (χ1n) is 10.2.